The number of rotatable bonds is 1. The fourth-order valence-corrected chi connectivity index (χ4v) is 4.11. The fraction of sp³-hybridized carbons (Fsp3) is 0. The van der Waals surface area contributed by atoms with Gasteiger partial charge in [-0.3, -0.25) is 0 Å². The molecule has 0 spiro atoms. The van der Waals surface area contributed by atoms with Gasteiger partial charge in [-0.05, 0) is 55.6 Å². The molecule has 0 nitrogen and oxygen atoms in total. The van der Waals surface area contributed by atoms with Crippen molar-refractivity contribution in [1.29, 1.82) is 0 Å². The van der Waals surface area contributed by atoms with E-state index in [0.29, 0.717) is 0 Å². The highest BCUT2D eigenvalue weighted by atomic mass is 79.9. The molecule has 0 unspecified atom stereocenters. The Labute approximate surface area is 154 Å². The monoisotopic (exact) mass is 382 g/mol. The van der Waals surface area contributed by atoms with Crippen LogP contribution in [-0.4, -0.2) is 0 Å². The second-order valence-electron chi connectivity index (χ2n) is 6.36. The Balaban J connectivity index is 1.97. The lowest BCUT2D eigenvalue weighted by atomic mass is 9.92. The zero-order valence-corrected chi connectivity index (χ0v) is 15.1. The lowest BCUT2D eigenvalue weighted by Crippen LogP contribution is -1.85. The second-order valence-corrected chi connectivity index (χ2v) is 7.28. The molecule has 0 N–H and O–H groups in total. The average Bonchev–Trinajstić information content (AvgIpc) is 2.67. The molecule has 5 aromatic carbocycles. The van der Waals surface area contributed by atoms with Gasteiger partial charge in [0.25, 0.3) is 0 Å². The quantitative estimate of drug-likeness (QED) is 0.262. The third-order valence-corrected chi connectivity index (χ3v) is 5.40. The summed E-state index contributed by atoms with van der Waals surface area (Å²) >= 11 is 3.63. The first-order chi connectivity index (χ1) is 12.3. The molecule has 0 saturated carbocycles. The largest absolute Gasteiger partial charge is 0.0622 e. The van der Waals surface area contributed by atoms with Gasteiger partial charge >= 0.3 is 0 Å². The van der Waals surface area contributed by atoms with Crippen molar-refractivity contribution < 1.29 is 0 Å². The molecule has 0 heterocycles. The number of hydrogen-bond acceptors (Lipinski definition) is 0. The third-order valence-electron chi connectivity index (χ3n) is 4.91. The topological polar surface area (TPSA) is 0 Å². The average molecular weight is 383 g/mol. The normalized spacial score (nSPS) is 11.4. The maximum absolute atomic E-state index is 3.63. The summed E-state index contributed by atoms with van der Waals surface area (Å²) in [4.78, 5) is 0. The zero-order valence-electron chi connectivity index (χ0n) is 13.5. The Morgan fingerprint density at radius 3 is 2.16 bits per heavy atom. The van der Waals surface area contributed by atoms with Crippen LogP contribution < -0.4 is 0 Å². The highest BCUT2D eigenvalue weighted by molar-refractivity contribution is 9.10. The molecular weight excluding hydrogens is 368 g/mol. The standard InChI is InChI=1S/C24H15Br/c25-19-13-11-17-9-10-18-12-14-21-20(16-5-2-1-3-6-16)7-4-8-22(21)24(18)23(17)15-19/h1-15H. The zero-order chi connectivity index (χ0) is 16.8. The van der Waals surface area contributed by atoms with Gasteiger partial charge in [0.15, 0.2) is 0 Å². The Morgan fingerprint density at radius 2 is 1.28 bits per heavy atom. The van der Waals surface area contributed by atoms with E-state index < -0.39 is 0 Å². The molecule has 0 aliphatic heterocycles. The molecule has 0 radical (unpaired) electrons. The van der Waals surface area contributed by atoms with Gasteiger partial charge in [-0.2, -0.15) is 0 Å². The van der Waals surface area contributed by atoms with Gasteiger partial charge in [-0.1, -0.05) is 94.8 Å². The Morgan fingerprint density at radius 1 is 0.520 bits per heavy atom. The summed E-state index contributed by atoms with van der Waals surface area (Å²) in [6.07, 6.45) is 0. The van der Waals surface area contributed by atoms with Crippen LogP contribution in [0.2, 0.25) is 0 Å². The van der Waals surface area contributed by atoms with Crippen molar-refractivity contribution >= 4 is 48.2 Å². The molecule has 0 aliphatic rings. The second kappa shape index (κ2) is 5.72. The van der Waals surface area contributed by atoms with E-state index in [4.69, 9.17) is 0 Å². The van der Waals surface area contributed by atoms with Gasteiger partial charge in [0, 0.05) is 4.47 Å². The van der Waals surface area contributed by atoms with Crippen LogP contribution >= 0.6 is 15.9 Å². The van der Waals surface area contributed by atoms with E-state index in [1.165, 1.54) is 43.4 Å². The minimum atomic E-state index is 1.11. The van der Waals surface area contributed by atoms with Crippen molar-refractivity contribution in [3.8, 4) is 11.1 Å². The van der Waals surface area contributed by atoms with Crippen molar-refractivity contribution in [2.24, 2.45) is 0 Å². The number of halogens is 1. The van der Waals surface area contributed by atoms with Gasteiger partial charge in [0.2, 0.25) is 0 Å². The van der Waals surface area contributed by atoms with Crippen LogP contribution in [0.5, 0.6) is 0 Å². The van der Waals surface area contributed by atoms with E-state index in [-0.39, 0.29) is 0 Å². The van der Waals surface area contributed by atoms with E-state index in [2.05, 4.69) is 107 Å². The van der Waals surface area contributed by atoms with Crippen LogP contribution in [-0.2, 0) is 0 Å². The maximum Gasteiger partial charge on any atom is 0.0181 e. The van der Waals surface area contributed by atoms with Crippen molar-refractivity contribution in [3.05, 3.63) is 95.5 Å². The first kappa shape index (κ1) is 14.7. The van der Waals surface area contributed by atoms with E-state index in [0.717, 1.165) is 4.47 Å². The molecule has 5 rings (SSSR count). The van der Waals surface area contributed by atoms with Gasteiger partial charge in [-0.15, -0.1) is 0 Å². The highest BCUT2D eigenvalue weighted by Gasteiger charge is 2.09. The molecule has 5 aromatic rings. The van der Waals surface area contributed by atoms with E-state index in [1.807, 2.05) is 0 Å². The van der Waals surface area contributed by atoms with Crippen LogP contribution in [0.15, 0.2) is 95.5 Å². The lowest BCUT2D eigenvalue weighted by molar-refractivity contribution is 1.66. The third kappa shape index (κ3) is 2.35. The molecule has 0 bridgehead atoms. The predicted molar refractivity (Wildman–Crippen MR) is 112 cm³/mol. The smallest absolute Gasteiger partial charge is 0.0181 e. The number of hydrogen-bond donors (Lipinski definition) is 0. The number of benzene rings is 5. The lowest BCUT2D eigenvalue weighted by Gasteiger charge is -2.12. The molecule has 0 atom stereocenters. The van der Waals surface area contributed by atoms with Gasteiger partial charge in [0.1, 0.15) is 0 Å². The SMILES string of the molecule is Brc1ccc2ccc3ccc4c(-c5ccccc5)cccc4c3c2c1. The van der Waals surface area contributed by atoms with Gasteiger partial charge in [0.05, 0.1) is 0 Å². The molecule has 118 valence electrons. The van der Waals surface area contributed by atoms with Crippen LogP contribution in [0.3, 0.4) is 0 Å². The van der Waals surface area contributed by atoms with Crippen molar-refractivity contribution in [2.45, 2.75) is 0 Å². The van der Waals surface area contributed by atoms with Crippen LogP contribution in [0, 0.1) is 0 Å². The van der Waals surface area contributed by atoms with Gasteiger partial charge in [-0.25, -0.2) is 0 Å². The first-order valence-electron chi connectivity index (χ1n) is 8.40. The molecule has 0 saturated heterocycles. The van der Waals surface area contributed by atoms with Crippen molar-refractivity contribution in [1.82, 2.24) is 0 Å². The fourth-order valence-electron chi connectivity index (χ4n) is 3.75. The van der Waals surface area contributed by atoms with Gasteiger partial charge < -0.3 is 0 Å². The van der Waals surface area contributed by atoms with E-state index in [9.17, 15) is 0 Å². The molecule has 25 heavy (non-hydrogen) atoms. The first-order valence-corrected chi connectivity index (χ1v) is 9.20. The molecule has 0 aromatic heterocycles. The van der Waals surface area contributed by atoms with Crippen LogP contribution in [0.4, 0.5) is 0 Å². The van der Waals surface area contributed by atoms with Crippen LogP contribution in [0.25, 0.3) is 43.4 Å². The minimum Gasteiger partial charge on any atom is -0.0622 e. The molecule has 0 aliphatic carbocycles. The minimum absolute atomic E-state index is 1.11. The molecule has 1 heteroatoms. The highest BCUT2D eigenvalue weighted by Crippen LogP contribution is 2.37. The molecular formula is C24H15Br. The van der Waals surface area contributed by atoms with E-state index in [1.54, 1.807) is 0 Å². The van der Waals surface area contributed by atoms with Crippen molar-refractivity contribution in [3.63, 3.8) is 0 Å². The summed E-state index contributed by atoms with van der Waals surface area (Å²) in [5.41, 5.74) is 2.54. The Kier molecular flexibility index (Phi) is 3.36. The summed E-state index contributed by atoms with van der Waals surface area (Å²) in [5.74, 6) is 0. The van der Waals surface area contributed by atoms with Crippen molar-refractivity contribution in [2.75, 3.05) is 0 Å². The summed E-state index contributed by atoms with van der Waals surface area (Å²) in [7, 11) is 0. The Hall–Kier alpha value is -2.64. The van der Waals surface area contributed by atoms with E-state index >= 15 is 0 Å². The summed E-state index contributed by atoms with van der Waals surface area (Å²) < 4.78 is 1.11. The maximum atomic E-state index is 3.63. The van der Waals surface area contributed by atoms with Crippen LogP contribution in [0.1, 0.15) is 0 Å². The summed E-state index contributed by atoms with van der Waals surface area (Å²) in [6, 6.07) is 32.7. The Bertz CT molecular complexity index is 1240. The summed E-state index contributed by atoms with van der Waals surface area (Å²) in [5, 5.41) is 7.78. The number of fused-ring (bicyclic) bond motifs is 5. The predicted octanol–water partition coefficient (Wildman–Crippen LogP) is 7.58. The molecule has 0 fully saturated rings. The summed E-state index contributed by atoms with van der Waals surface area (Å²) in [6.45, 7) is 0. The molecule has 0 amide bonds.